The highest BCUT2D eigenvalue weighted by atomic mass is 32.1. The Labute approximate surface area is 119 Å². The molecule has 0 bridgehead atoms. The number of pyridine rings is 1. The zero-order chi connectivity index (χ0) is 13.3. The second-order valence-electron chi connectivity index (χ2n) is 5.31. The van der Waals surface area contributed by atoms with Crippen molar-refractivity contribution in [2.45, 2.75) is 6.92 Å². The summed E-state index contributed by atoms with van der Waals surface area (Å²) in [5.74, 6) is 0. The minimum atomic E-state index is 1.09. The van der Waals surface area contributed by atoms with E-state index in [1.807, 2.05) is 11.3 Å². The maximum atomic E-state index is 4.83. The van der Waals surface area contributed by atoms with Crippen LogP contribution in [0.4, 0.5) is 0 Å². The van der Waals surface area contributed by atoms with Crippen LogP contribution in [0.25, 0.3) is 41.8 Å². The van der Waals surface area contributed by atoms with Crippen LogP contribution in [0.15, 0.2) is 48.5 Å². The fraction of sp³-hybridized carbons (Fsp3) is 0.0556. The molecule has 0 saturated carbocycles. The van der Waals surface area contributed by atoms with E-state index in [0.717, 1.165) is 11.2 Å². The van der Waals surface area contributed by atoms with Gasteiger partial charge in [0.05, 0.1) is 5.52 Å². The molecule has 5 aromatic rings. The molecule has 2 aromatic heterocycles. The number of fused-ring (bicyclic) bond motifs is 3. The van der Waals surface area contributed by atoms with Crippen molar-refractivity contribution in [1.29, 1.82) is 0 Å². The lowest BCUT2D eigenvalue weighted by Gasteiger charge is -2.08. The highest BCUT2D eigenvalue weighted by Crippen LogP contribution is 2.44. The molecule has 0 fully saturated rings. The van der Waals surface area contributed by atoms with E-state index in [0.29, 0.717) is 0 Å². The number of thiophene rings is 1. The van der Waals surface area contributed by atoms with Crippen LogP contribution in [0.5, 0.6) is 0 Å². The van der Waals surface area contributed by atoms with Crippen LogP contribution in [-0.4, -0.2) is 4.98 Å². The molecule has 1 nitrogen and oxygen atoms in total. The summed E-state index contributed by atoms with van der Waals surface area (Å²) in [5.41, 5.74) is 2.25. The molecule has 20 heavy (non-hydrogen) atoms. The van der Waals surface area contributed by atoms with Gasteiger partial charge in [0.1, 0.15) is 0 Å². The first-order valence-corrected chi connectivity index (χ1v) is 7.57. The third-order valence-electron chi connectivity index (χ3n) is 4.08. The summed E-state index contributed by atoms with van der Waals surface area (Å²) >= 11 is 1.87. The molecule has 2 heterocycles. The third kappa shape index (κ3) is 1.15. The van der Waals surface area contributed by atoms with Gasteiger partial charge in [-0.15, -0.1) is 11.3 Å². The molecular formula is C18H11NS. The Morgan fingerprint density at radius 1 is 0.800 bits per heavy atom. The average molecular weight is 273 g/mol. The molecule has 0 radical (unpaired) electrons. The van der Waals surface area contributed by atoms with Gasteiger partial charge < -0.3 is 0 Å². The van der Waals surface area contributed by atoms with E-state index in [1.54, 1.807) is 0 Å². The van der Waals surface area contributed by atoms with Crippen LogP contribution >= 0.6 is 11.3 Å². The van der Waals surface area contributed by atoms with Crippen molar-refractivity contribution >= 4 is 53.2 Å². The van der Waals surface area contributed by atoms with Gasteiger partial charge in [-0.3, -0.25) is 4.98 Å². The Bertz CT molecular complexity index is 1100. The molecule has 2 heteroatoms. The second-order valence-corrected chi connectivity index (χ2v) is 6.40. The summed E-state index contributed by atoms with van der Waals surface area (Å²) in [6.07, 6.45) is 0. The smallest absolute Gasteiger partial charge is 0.0804 e. The molecule has 0 amide bonds. The number of hydrogen-bond donors (Lipinski definition) is 0. The fourth-order valence-corrected chi connectivity index (χ4v) is 4.53. The van der Waals surface area contributed by atoms with E-state index >= 15 is 0 Å². The van der Waals surface area contributed by atoms with E-state index in [4.69, 9.17) is 4.98 Å². The molecular weight excluding hydrogens is 262 g/mol. The zero-order valence-electron chi connectivity index (χ0n) is 11.0. The third-order valence-corrected chi connectivity index (χ3v) is 5.18. The Morgan fingerprint density at radius 3 is 2.50 bits per heavy atom. The van der Waals surface area contributed by atoms with Crippen LogP contribution in [0.3, 0.4) is 0 Å². The Kier molecular flexibility index (Phi) is 1.83. The average Bonchev–Trinajstić information content (AvgIpc) is 2.84. The predicted molar refractivity (Wildman–Crippen MR) is 88.1 cm³/mol. The number of aromatic nitrogens is 1. The van der Waals surface area contributed by atoms with Gasteiger partial charge in [0.25, 0.3) is 0 Å². The molecule has 0 N–H and O–H groups in total. The molecule has 0 atom stereocenters. The SMILES string of the molecule is Cc1cc2sc3cccc4c5ccccc5c(n1)c2c34. The molecule has 0 saturated heterocycles. The van der Waals surface area contributed by atoms with Crippen molar-refractivity contribution in [2.75, 3.05) is 0 Å². The molecule has 0 aliphatic carbocycles. The van der Waals surface area contributed by atoms with Crippen molar-refractivity contribution in [2.24, 2.45) is 0 Å². The number of hydrogen-bond acceptors (Lipinski definition) is 2. The van der Waals surface area contributed by atoms with Gasteiger partial charge >= 0.3 is 0 Å². The zero-order valence-corrected chi connectivity index (χ0v) is 11.8. The molecule has 0 spiro atoms. The lowest BCUT2D eigenvalue weighted by atomic mass is 9.97. The van der Waals surface area contributed by atoms with Crippen molar-refractivity contribution in [3.63, 3.8) is 0 Å². The summed E-state index contributed by atoms with van der Waals surface area (Å²) in [7, 11) is 0. The molecule has 94 valence electrons. The minimum absolute atomic E-state index is 1.09. The van der Waals surface area contributed by atoms with Gasteiger partial charge in [-0.05, 0) is 29.8 Å². The van der Waals surface area contributed by atoms with Crippen LogP contribution in [0, 0.1) is 6.92 Å². The maximum absolute atomic E-state index is 4.83. The van der Waals surface area contributed by atoms with Crippen LogP contribution < -0.4 is 0 Å². The number of aryl methyl sites for hydroxylation is 1. The van der Waals surface area contributed by atoms with Crippen molar-refractivity contribution < 1.29 is 0 Å². The van der Waals surface area contributed by atoms with E-state index < -0.39 is 0 Å². The molecule has 3 aromatic carbocycles. The van der Waals surface area contributed by atoms with E-state index in [9.17, 15) is 0 Å². The van der Waals surface area contributed by atoms with Crippen molar-refractivity contribution in [3.05, 3.63) is 54.2 Å². The van der Waals surface area contributed by atoms with Gasteiger partial charge in [-0.2, -0.15) is 0 Å². The summed E-state index contributed by atoms with van der Waals surface area (Å²) in [5, 5.41) is 6.64. The molecule has 0 aliphatic heterocycles. The van der Waals surface area contributed by atoms with Gasteiger partial charge in [-0.25, -0.2) is 0 Å². The first-order chi connectivity index (χ1) is 9.83. The van der Waals surface area contributed by atoms with Crippen molar-refractivity contribution in [1.82, 2.24) is 4.98 Å². The summed E-state index contributed by atoms with van der Waals surface area (Å²) < 4.78 is 2.71. The quantitative estimate of drug-likeness (QED) is 0.339. The largest absolute Gasteiger partial charge is 0.252 e. The van der Waals surface area contributed by atoms with E-state index in [2.05, 4.69) is 55.5 Å². The lowest BCUT2D eigenvalue weighted by Crippen LogP contribution is -1.87. The molecule has 0 unspecified atom stereocenters. The Hall–Kier alpha value is -2.19. The number of benzene rings is 3. The number of nitrogens with zero attached hydrogens (tertiary/aromatic N) is 1. The first-order valence-electron chi connectivity index (χ1n) is 6.75. The normalized spacial score (nSPS) is 12.2. The lowest BCUT2D eigenvalue weighted by molar-refractivity contribution is 1.28. The van der Waals surface area contributed by atoms with Crippen LogP contribution in [0.1, 0.15) is 5.69 Å². The summed E-state index contributed by atoms with van der Waals surface area (Å²) in [6, 6.07) is 17.4. The van der Waals surface area contributed by atoms with Gasteiger partial charge in [0, 0.05) is 31.3 Å². The fourth-order valence-electron chi connectivity index (χ4n) is 3.30. The Balaban J connectivity index is 2.32. The van der Waals surface area contributed by atoms with Gasteiger partial charge in [-0.1, -0.05) is 36.4 Å². The standard InChI is InChI=1S/C18H11NS/c1-10-9-15-17-16-12(7-4-8-14(16)20-15)11-5-2-3-6-13(11)18(17)19-10/h2-9H,1H3. The second kappa shape index (κ2) is 3.47. The highest BCUT2D eigenvalue weighted by Gasteiger charge is 2.16. The topological polar surface area (TPSA) is 12.9 Å². The first kappa shape index (κ1) is 10.6. The predicted octanol–water partition coefficient (Wildman–Crippen LogP) is 5.50. The van der Waals surface area contributed by atoms with Crippen LogP contribution in [-0.2, 0) is 0 Å². The van der Waals surface area contributed by atoms with Gasteiger partial charge in [0.15, 0.2) is 0 Å². The van der Waals surface area contributed by atoms with E-state index in [-0.39, 0.29) is 0 Å². The van der Waals surface area contributed by atoms with Gasteiger partial charge in [0.2, 0.25) is 0 Å². The summed E-state index contributed by atoms with van der Waals surface area (Å²) in [6.45, 7) is 2.08. The molecule has 5 rings (SSSR count). The van der Waals surface area contributed by atoms with E-state index in [1.165, 1.54) is 36.3 Å². The monoisotopic (exact) mass is 273 g/mol. The number of rotatable bonds is 0. The maximum Gasteiger partial charge on any atom is 0.0804 e. The van der Waals surface area contributed by atoms with Crippen molar-refractivity contribution in [3.8, 4) is 0 Å². The highest BCUT2D eigenvalue weighted by molar-refractivity contribution is 7.26. The van der Waals surface area contributed by atoms with Crippen LogP contribution in [0.2, 0.25) is 0 Å². The summed E-state index contributed by atoms with van der Waals surface area (Å²) in [4.78, 5) is 4.83. The minimum Gasteiger partial charge on any atom is -0.252 e. The molecule has 0 aliphatic rings. The Morgan fingerprint density at radius 2 is 1.60 bits per heavy atom.